The zero-order valence-corrected chi connectivity index (χ0v) is 19.2. The van der Waals surface area contributed by atoms with Crippen molar-refractivity contribution in [3.8, 4) is 34.1 Å². The summed E-state index contributed by atoms with van der Waals surface area (Å²) in [5.74, 6) is 1.57. The van der Waals surface area contributed by atoms with E-state index in [-0.39, 0.29) is 23.1 Å². The van der Waals surface area contributed by atoms with Crippen molar-refractivity contribution in [1.29, 1.82) is 0 Å². The lowest BCUT2D eigenvalue weighted by Gasteiger charge is -2.21. The maximum absolute atomic E-state index is 13.3. The monoisotopic (exact) mass is 439 g/mol. The molecule has 0 bridgehead atoms. The topological polar surface area (TPSA) is 83.1 Å². The van der Waals surface area contributed by atoms with E-state index in [9.17, 15) is 9.59 Å². The van der Waals surface area contributed by atoms with E-state index in [1.807, 2.05) is 12.1 Å². The van der Waals surface area contributed by atoms with Crippen molar-refractivity contribution in [2.24, 2.45) is 0 Å². The average molecular weight is 440 g/mol. The zero-order chi connectivity index (χ0) is 23.4. The van der Waals surface area contributed by atoms with Gasteiger partial charge in [-0.25, -0.2) is 0 Å². The molecule has 0 aliphatic heterocycles. The molecule has 0 radical (unpaired) electrons. The van der Waals surface area contributed by atoms with Crippen LogP contribution >= 0.6 is 0 Å². The second kappa shape index (κ2) is 9.77. The molecular weight excluding hydrogens is 410 g/mol. The number of fused-ring (bicyclic) bond motifs is 3. The summed E-state index contributed by atoms with van der Waals surface area (Å²) in [6.45, 7) is 5.30. The zero-order valence-electron chi connectivity index (χ0n) is 19.2. The van der Waals surface area contributed by atoms with Gasteiger partial charge in [-0.2, -0.15) is 0 Å². The molecule has 0 spiro atoms. The van der Waals surface area contributed by atoms with Gasteiger partial charge in [0, 0.05) is 18.1 Å². The molecule has 0 saturated carbocycles. The average Bonchev–Trinajstić information content (AvgIpc) is 3.01. The first-order chi connectivity index (χ1) is 15.4. The molecule has 1 aliphatic rings. The lowest BCUT2D eigenvalue weighted by molar-refractivity contribution is -0.119. The number of benzene rings is 1. The van der Waals surface area contributed by atoms with Crippen LogP contribution < -0.4 is 29.7 Å². The van der Waals surface area contributed by atoms with Crippen molar-refractivity contribution >= 4 is 5.91 Å². The molecule has 0 fully saturated rings. The number of carbonyl (C=O) groups is 1. The van der Waals surface area contributed by atoms with Gasteiger partial charge in [0.05, 0.1) is 34.5 Å². The van der Waals surface area contributed by atoms with Crippen LogP contribution in [0.3, 0.4) is 0 Å². The predicted molar refractivity (Wildman–Crippen MR) is 123 cm³/mol. The molecular formula is C25H29NO6. The summed E-state index contributed by atoms with van der Waals surface area (Å²) < 4.78 is 22.3. The summed E-state index contributed by atoms with van der Waals surface area (Å²) in [6, 6.07) is 5.04. The first-order valence-corrected chi connectivity index (χ1v) is 10.4. The van der Waals surface area contributed by atoms with E-state index in [1.54, 1.807) is 33.5 Å². The Bertz CT molecular complexity index is 1110. The number of ether oxygens (including phenoxy) is 4. The number of aryl methyl sites for hydroxylation is 1. The van der Waals surface area contributed by atoms with Gasteiger partial charge >= 0.3 is 0 Å². The van der Waals surface area contributed by atoms with Crippen LogP contribution in [0.5, 0.6) is 23.0 Å². The highest BCUT2D eigenvalue weighted by Gasteiger charge is 2.31. The summed E-state index contributed by atoms with van der Waals surface area (Å²) in [5.41, 5.74) is 3.57. The Labute approximate surface area is 188 Å². The van der Waals surface area contributed by atoms with Gasteiger partial charge in [0.25, 0.3) is 0 Å². The van der Waals surface area contributed by atoms with E-state index in [0.717, 1.165) is 22.3 Å². The predicted octanol–water partition coefficient (Wildman–Crippen LogP) is 3.60. The molecule has 2 aromatic carbocycles. The van der Waals surface area contributed by atoms with Gasteiger partial charge in [-0.05, 0) is 48.1 Å². The fourth-order valence-electron chi connectivity index (χ4n) is 4.42. The molecule has 7 nitrogen and oxygen atoms in total. The molecule has 1 unspecified atom stereocenters. The molecule has 0 heterocycles. The molecule has 32 heavy (non-hydrogen) atoms. The Morgan fingerprint density at radius 3 is 2.34 bits per heavy atom. The minimum atomic E-state index is -0.378. The van der Waals surface area contributed by atoms with Gasteiger partial charge in [-0.1, -0.05) is 12.1 Å². The van der Waals surface area contributed by atoms with Crippen LogP contribution in [0.4, 0.5) is 0 Å². The number of methoxy groups -OCH3 is 4. The molecule has 1 aliphatic carbocycles. The number of hydrogen-bond acceptors (Lipinski definition) is 6. The molecule has 0 saturated heterocycles. The number of amides is 1. The van der Waals surface area contributed by atoms with E-state index < -0.39 is 0 Å². The quantitative estimate of drug-likeness (QED) is 0.664. The minimum Gasteiger partial charge on any atom is -0.493 e. The fourth-order valence-corrected chi connectivity index (χ4v) is 4.42. The van der Waals surface area contributed by atoms with Crippen LogP contribution in [0.25, 0.3) is 11.1 Å². The summed E-state index contributed by atoms with van der Waals surface area (Å²) in [5, 5.41) is 3.03. The van der Waals surface area contributed by atoms with Crippen molar-refractivity contribution < 1.29 is 23.7 Å². The van der Waals surface area contributed by atoms with Crippen LogP contribution in [0.15, 0.2) is 35.6 Å². The number of rotatable bonds is 7. The van der Waals surface area contributed by atoms with Crippen LogP contribution in [0, 0.1) is 0 Å². The first-order valence-electron chi connectivity index (χ1n) is 10.4. The van der Waals surface area contributed by atoms with Crippen LogP contribution in [0.2, 0.25) is 0 Å². The smallest absolute Gasteiger partial charge is 0.224 e. The third-order valence-electron chi connectivity index (χ3n) is 5.69. The van der Waals surface area contributed by atoms with Crippen molar-refractivity contribution in [2.45, 2.75) is 32.2 Å². The largest absolute Gasteiger partial charge is 0.493 e. The second-order valence-electron chi connectivity index (χ2n) is 7.50. The molecule has 2 aromatic rings. The number of carbonyl (C=O) groups excluding carboxylic acids is 1. The van der Waals surface area contributed by atoms with E-state index in [4.69, 9.17) is 18.9 Å². The molecule has 1 N–H and O–H groups in total. The van der Waals surface area contributed by atoms with Crippen LogP contribution in [0.1, 0.15) is 36.1 Å². The summed E-state index contributed by atoms with van der Waals surface area (Å²) >= 11 is 0. The van der Waals surface area contributed by atoms with Crippen molar-refractivity contribution in [3.63, 3.8) is 0 Å². The van der Waals surface area contributed by atoms with Gasteiger partial charge in [-0.3, -0.25) is 9.59 Å². The van der Waals surface area contributed by atoms with Gasteiger partial charge in [-0.15, -0.1) is 6.58 Å². The van der Waals surface area contributed by atoms with Gasteiger partial charge in [0.15, 0.2) is 17.2 Å². The third-order valence-corrected chi connectivity index (χ3v) is 5.69. The van der Waals surface area contributed by atoms with E-state index in [2.05, 4.69) is 11.9 Å². The summed E-state index contributed by atoms with van der Waals surface area (Å²) in [4.78, 5) is 25.4. The maximum Gasteiger partial charge on any atom is 0.224 e. The molecule has 1 amide bonds. The highest BCUT2D eigenvalue weighted by Crippen LogP contribution is 2.50. The Balaban J connectivity index is 2.53. The molecule has 0 aromatic heterocycles. The lowest BCUT2D eigenvalue weighted by Crippen LogP contribution is -2.28. The Kier molecular flexibility index (Phi) is 7.08. The SMILES string of the molecule is C=CCc1c2c(ccc(OC)c1=O)-c1c(cc(OC)c(OC)c1OC)CCC2NC(C)=O. The molecule has 1 atom stereocenters. The van der Waals surface area contributed by atoms with E-state index >= 15 is 0 Å². The Hall–Kier alpha value is -3.48. The molecule has 7 heteroatoms. The highest BCUT2D eigenvalue weighted by molar-refractivity contribution is 5.84. The van der Waals surface area contributed by atoms with Crippen LogP contribution in [-0.4, -0.2) is 34.3 Å². The highest BCUT2D eigenvalue weighted by atomic mass is 16.5. The summed E-state index contributed by atoms with van der Waals surface area (Å²) in [7, 11) is 6.16. The third kappa shape index (κ3) is 4.02. The van der Waals surface area contributed by atoms with Crippen molar-refractivity contribution in [2.75, 3.05) is 28.4 Å². The first kappa shape index (κ1) is 23.2. The van der Waals surface area contributed by atoms with Gasteiger partial charge in [0.2, 0.25) is 17.1 Å². The number of hydrogen-bond donors (Lipinski definition) is 1. The Morgan fingerprint density at radius 2 is 1.78 bits per heavy atom. The lowest BCUT2D eigenvalue weighted by atomic mass is 9.91. The number of nitrogens with one attached hydrogen (secondary N) is 1. The molecule has 170 valence electrons. The van der Waals surface area contributed by atoms with Gasteiger partial charge in [0.1, 0.15) is 0 Å². The van der Waals surface area contributed by atoms with E-state index in [1.165, 1.54) is 14.0 Å². The Morgan fingerprint density at radius 1 is 1.09 bits per heavy atom. The van der Waals surface area contributed by atoms with Gasteiger partial charge < -0.3 is 24.3 Å². The van der Waals surface area contributed by atoms with Crippen molar-refractivity contribution in [3.05, 3.63) is 57.8 Å². The number of allylic oxidation sites excluding steroid dienone is 1. The van der Waals surface area contributed by atoms with Crippen LogP contribution in [-0.2, 0) is 17.6 Å². The summed E-state index contributed by atoms with van der Waals surface area (Å²) in [6.07, 6.45) is 3.23. The molecule has 3 rings (SSSR count). The normalized spacial score (nSPS) is 14.3. The second-order valence-corrected chi connectivity index (χ2v) is 7.50. The van der Waals surface area contributed by atoms with Crippen molar-refractivity contribution in [1.82, 2.24) is 5.32 Å². The fraction of sp³-hybridized carbons (Fsp3) is 0.360. The van der Waals surface area contributed by atoms with E-state index in [0.29, 0.717) is 42.1 Å². The minimum absolute atomic E-state index is 0.176. The standard InChI is InChI=1S/C25H29NO6/c1-7-8-17-22-16(10-12-19(29-3)23(17)28)21-15(9-11-18(22)26-14(2)27)13-20(30-4)24(31-5)25(21)32-6/h7,10,12-13,18H,1,8-9,11H2,2-6H3,(H,26,27). The maximum atomic E-state index is 13.3.